The summed E-state index contributed by atoms with van der Waals surface area (Å²) in [5.41, 5.74) is 0.614. The van der Waals surface area contributed by atoms with Crippen molar-refractivity contribution in [2.75, 3.05) is 19.7 Å². The third-order valence-electron chi connectivity index (χ3n) is 2.92. The molecule has 1 aromatic rings. The van der Waals surface area contributed by atoms with E-state index in [1.54, 1.807) is 12.1 Å². The number of benzene rings is 1. The van der Waals surface area contributed by atoms with Crippen molar-refractivity contribution in [2.24, 2.45) is 0 Å². The Balaban J connectivity index is 2.53. The van der Waals surface area contributed by atoms with Crippen LogP contribution in [0.2, 0.25) is 0 Å². The van der Waals surface area contributed by atoms with Crippen LogP contribution in [-0.2, 0) is 4.79 Å². The molecule has 0 radical (unpaired) electrons. The summed E-state index contributed by atoms with van der Waals surface area (Å²) in [5, 5.41) is 5.84. The largest absolute Gasteiger partial charge is 0.493 e. The maximum absolute atomic E-state index is 13.9. The van der Waals surface area contributed by atoms with Crippen LogP contribution in [0.15, 0.2) is 18.2 Å². The van der Waals surface area contributed by atoms with Crippen molar-refractivity contribution in [2.45, 2.75) is 33.2 Å². The second kappa shape index (κ2) is 8.53. The van der Waals surface area contributed by atoms with Gasteiger partial charge in [0.05, 0.1) is 13.0 Å². The fourth-order valence-corrected chi connectivity index (χ4v) is 1.91. The molecule has 112 valence electrons. The van der Waals surface area contributed by atoms with Crippen LogP contribution in [-0.4, -0.2) is 25.6 Å². The van der Waals surface area contributed by atoms with E-state index in [1.807, 2.05) is 20.8 Å². The summed E-state index contributed by atoms with van der Waals surface area (Å²) in [6, 6.07) is 4.76. The molecule has 0 saturated heterocycles. The monoisotopic (exact) mass is 282 g/mol. The molecule has 1 unspecified atom stereocenters. The van der Waals surface area contributed by atoms with Gasteiger partial charge in [-0.25, -0.2) is 4.39 Å². The maximum Gasteiger partial charge on any atom is 0.223 e. The van der Waals surface area contributed by atoms with Gasteiger partial charge in [-0.3, -0.25) is 4.79 Å². The summed E-state index contributed by atoms with van der Waals surface area (Å²) < 4.78 is 19.3. The lowest BCUT2D eigenvalue weighted by molar-refractivity contribution is -0.121. The first-order chi connectivity index (χ1) is 9.58. The van der Waals surface area contributed by atoms with E-state index in [0.29, 0.717) is 17.9 Å². The molecule has 0 bridgehead atoms. The third-order valence-corrected chi connectivity index (χ3v) is 2.92. The standard InChI is InChI=1S/C15H23FN2O2/c1-4-17-11(3)13-7-6-12(10-14(13)16)20-9-8-15(19)18-5-2/h6-7,10-11,17H,4-5,8-9H2,1-3H3,(H,18,19). The van der Waals surface area contributed by atoms with Crippen molar-refractivity contribution in [3.63, 3.8) is 0 Å². The Morgan fingerprint density at radius 3 is 2.70 bits per heavy atom. The number of halogens is 1. The Bertz CT molecular complexity index is 438. The lowest BCUT2D eigenvalue weighted by atomic mass is 10.1. The SMILES string of the molecule is CCNC(=O)CCOc1ccc(C(C)NCC)c(F)c1. The number of hydrogen-bond acceptors (Lipinski definition) is 3. The molecule has 5 heteroatoms. The predicted molar refractivity (Wildman–Crippen MR) is 77.3 cm³/mol. The van der Waals surface area contributed by atoms with Crippen molar-refractivity contribution >= 4 is 5.91 Å². The first-order valence-electron chi connectivity index (χ1n) is 7.00. The maximum atomic E-state index is 13.9. The molecular weight excluding hydrogens is 259 g/mol. The number of hydrogen-bond donors (Lipinski definition) is 2. The lowest BCUT2D eigenvalue weighted by Gasteiger charge is -2.14. The number of rotatable bonds is 8. The second-order valence-corrected chi connectivity index (χ2v) is 4.51. The number of carbonyl (C=O) groups is 1. The highest BCUT2D eigenvalue weighted by molar-refractivity contribution is 5.75. The van der Waals surface area contributed by atoms with Crippen molar-refractivity contribution in [1.29, 1.82) is 0 Å². The van der Waals surface area contributed by atoms with E-state index in [-0.39, 0.29) is 30.8 Å². The quantitative estimate of drug-likeness (QED) is 0.770. The second-order valence-electron chi connectivity index (χ2n) is 4.51. The van der Waals surface area contributed by atoms with Crippen LogP contribution in [0.4, 0.5) is 4.39 Å². The van der Waals surface area contributed by atoms with Gasteiger partial charge >= 0.3 is 0 Å². The fraction of sp³-hybridized carbons (Fsp3) is 0.533. The highest BCUT2D eigenvalue weighted by atomic mass is 19.1. The zero-order valence-electron chi connectivity index (χ0n) is 12.3. The van der Waals surface area contributed by atoms with E-state index in [4.69, 9.17) is 4.74 Å². The molecule has 0 heterocycles. The molecule has 0 spiro atoms. The van der Waals surface area contributed by atoms with Crippen LogP contribution in [0.3, 0.4) is 0 Å². The van der Waals surface area contributed by atoms with Gasteiger partial charge in [0.25, 0.3) is 0 Å². The zero-order valence-corrected chi connectivity index (χ0v) is 12.3. The predicted octanol–water partition coefficient (Wildman–Crippen LogP) is 2.40. The molecule has 0 aliphatic rings. The van der Waals surface area contributed by atoms with Crippen LogP contribution >= 0.6 is 0 Å². The Morgan fingerprint density at radius 1 is 1.35 bits per heavy atom. The van der Waals surface area contributed by atoms with Crippen LogP contribution in [0.1, 0.15) is 38.8 Å². The Hall–Kier alpha value is -1.62. The number of amides is 1. The van der Waals surface area contributed by atoms with Gasteiger partial charge in [-0.1, -0.05) is 13.0 Å². The molecular formula is C15H23FN2O2. The molecule has 4 nitrogen and oxygen atoms in total. The first kappa shape index (κ1) is 16.4. The van der Waals surface area contributed by atoms with Gasteiger partial charge in [-0.2, -0.15) is 0 Å². The molecule has 1 atom stereocenters. The Morgan fingerprint density at radius 2 is 2.10 bits per heavy atom. The Kier molecular flexibility index (Phi) is 7.01. The van der Waals surface area contributed by atoms with Crippen LogP contribution < -0.4 is 15.4 Å². The Labute approximate surface area is 119 Å². The molecule has 0 aliphatic heterocycles. The third kappa shape index (κ3) is 5.17. The van der Waals surface area contributed by atoms with Crippen LogP contribution in [0.25, 0.3) is 0 Å². The van der Waals surface area contributed by atoms with E-state index in [9.17, 15) is 9.18 Å². The summed E-state index contributed by atoms with van der Waals surface area (Å²) in [6.45, 7) is 7.38. The number of carbonyl (C=O) groups excluding carboxylic acids is 1. The highest BCUT2D eigenvalue weighted by Gasteiger charge is 2.11. The topological polar surface area (TPSA) is 50.4 Å². The summed E-state index contributed by atoms with van der Waals surface area (Å²) in [5.74, 6) is 0.0820. The molecule has 0 aliphatic carbocycles. The minimum absolute atomic E-state index is 0.0376. The molecule has 0 aromatic heterocycles. The molecule has 1 aromatic carbocycles. The van der Waals surface area contributed by atoms with E-state index in [2.05, 4.69) is 10.6 Å². The van der Waals surface area contributed by atoms with Crippen molar-refractivity contribution in [3.05, 3.63) is 29.6 Å². The summed E-state index contributed by atoms with van der Waals surface area (Å²) in [4.78, 5) is 11.2. The molecule has 20 heavy (non-hydrogen) atoms. The average molecular weight is 282 g/mol. The zero-order chi connectivity index (χ0) is 15.0. The van der Waals surface area contributed by atoms with Gasteiger partial charge in [0, 0.05) is 24.2 Å². The molecule has 0 saturated carbocycles. The molecule has 1 rings (SSSR count). The highest BCUT2D eigenvalue weighted by Crippen LogP contribution is 2.21. The van der Waals surface area contributed by atoms with Crippen molar-refractivity contribution in [3.8, 4) is 5.75 Å². The smallest absolute Gasteiger partial charge is 0.223 e. The van der Waals surface area contributed by atoms with Crippen LogP contribution in [0.5, 0.6) is 5.75 Å². The van der Waals surface area contributed by atoms with Crippen molar-refractivity contribution < 1.29 is 13.9 Å². The fourth-order valence-electron chi connectivity index (χ4n) is 1.91. The summed E-state index contributed by atoms with van der Waals surface area (Å²) in [7, 11) is 0. The summed E-state index contributed by atoms with van der Waals surface area (Å²) in [6.07, 6.45) is 0.269. The average Bonchev–Trinajstić information content (AvgIpc) is 2.39. The van der Waals surface area contributed by atoms with E-state index < -0.39 is 0 Å². The minimum Gasteiger partial charge on any atom is -0.493 e. The van der Waals surface area contributed by atoms with Gasteiger partial charge in [0.1, 0.15) is 11.6 Å². The molecule has 2 N–H and O–H groups in total. The molecule has 0 fully saturated rings. The van der Waals surface area contributed by atoms with Crippen molar-refractivity contribution in [1.82, 2.24) is 10.6 Å². The van der Waals surface area contributed by atoms with Crippen LogP contribution in [0, 0.1) is 5.82 Å². The lowest BCUT2D eigenvalue weighted by Crippen LogP contribution is -2.24. The number of nitrogens with one attached hydrogen (secondary N) is 2. The normalized spacial score (nSPS) is 12.0. The molecule has 1 amide bonds. The summed E-state index contributed by atoms with van der Waals surface area (Å²) >= 11 is 0. The van der Waals surface area contributed by atoms with E-state index >= 15 is 0 Å². The van der Waals surface area contributed by atoms with E-state index in [1.165, 1.54) is 6.07 Å². The minimum atomic E-state index is -0.297. The van der Waals surface area contributed by atoms with Gasteiger partial charge < -0.3 is 15.4 Å². The van der Waals surface area contributed by atoms with Gasteiger partial charge in [0.2, 0.25) is 5.91 Å². The van der Waals surface area contributed by atoms with E-state index in [0.717, 1.165) is 6.54 Å². The van der Waals surface area contributed by atoms with Gasteiger partial charge in [-0.15, -0.1) is 0 Å². The first-order valence-corrected chi connectivity index (χ1v) is 7.00. The van der Waals surface area contributed by atoms with Gasteiger partial charge in [-0.05, 0) is 26.5 Å². The number of ether oxygens (including phenoxy) is 1. The van der Waals surface area contributed by atoms with Gasteiger partial charge in [0.15, 0.2) is 0 Å².